The second-order valence-corrected chi connectivity index (χ2v) is 8.25. The first-order valence-corrected chi connectivity index (χ1v) is 10.7. The van der Waals surface area contributed by atoms with Gasteiger partial charge in [-0.05, 0) is 32.6 Å². The predicted octanol–water partition coefficient (Wildman–Crippen LogP) is 2.68. The summed E-state index contributed by atoms with van der Waals surface area (Å²) in [5.74, 6) is 2.99. The molecule has 0 aromatic carbocycles. The summed E-state index contributed by atoms with van der Waals surface area (Å²) in [6.07, 6.45) is 9.65. The van der Waals surface area contributed by atoms with Gasteiger partial charge in [-0.1, -0.05) is 19.8 Å². The highest BCUT2D eigenvalue weighted by Crippen LogP contribution is 2.54. The second kappa shape index (κ2) is 9.28. The van der Waals surface area contributed by atoms with E-state index in [2.05, 4.69) is 44.2 Å². The molecule has 2 N–H and O–H groups in total. The molecule has 28 heavy (non-hydrogen) atoms. The van der Waals surface area contributed by atoms with Crippen LogP contribution in [0.5, 0.6) is 0 Å². The third kappa shape index (κ3) is 4.04. The SMILES string of the molecule is CCOC1CC(NC(=NC)NC2CCc3nc(CC)nn3C2)C12CCCC2.I. The number of guanidine groups is 1. The Morgan fingerprint density at radius 1 is 1.29 bits per heavy atom. The largest absolute Gasteiger partial charge is 0.378 e. The highest BCUT2D eigenvalue weighted by atomic mass is 127. The summed E-state index contributed by atoms with van der Waals surface area (Å²) in [5, 5.41) is 12.0. The van der Waals surface area contributed by atoms with Crippen LogP contribution in [0, 0.1) is 5.41 Å². The molecule has 0 radical (unpaired) electrons. The van der Waals surface area contributed by atoms with Gasteiger partial charge in [0.15, 0.2) is 11.8 Å². The van der Waals surface area contributed by atoms with E-state index in [0.717, 1.165) is 56.4 Å². The molecule has 4 rings (SSSR count). The van der Waals surface area contributed by atoms with Crippen molar-refractivity contribution in [1.82, 2.24) is 25.4 Å². The molecule has 1 aromatic rings. The average molecular weight is 502 g/mol. The number of aromatic nitrogens is 3. The molecule has 158 valence electrons. The number of ether oxygens (including phenoxy) is 1. The number of rotatable bonds is 5. The molecule has 1 spiro atoms. The number of fused-ring (bicyclic) bond motifs is 1. The van der Waals surface area contributed by atoms with Gasteiger partial charge in [0.2, 0.25) is 0 Å². The zero-order valence-electron chi connectivity index (χ0n) is 17.4. The van der Waals surface area contributed by atoms with Crippen molar-refractivity contribution in [2.45, 2.75) is 89.9 Å². The fourth-order valence-corrected chi connectivity index (χ4v) is 5.25. The van der Waals surface area contributed by atoms with Gasteiger partial charge in [0.25, 0.3) is 0 Å². The molecule has 2 saturated carbocycles. The van der Waals surface area contributed by atoms with Crippen molar-refractivity contribution < 1.29 is 4.74 Å². The molecule has 3 atom stereocenters. The van der Waals surface area contributed by atoms with E-state index in [1.54, 1.807) is 0 Å². The van der Waals surface area contributed by atoms with Gasteiger partial charge in [0.1, 0.15) is 5.82 Å². The van der Waals surface area contributed by atoms with Crippen LogP contribution in [-0.2, 0) is 24.1 Å². The summed E-state index contributed by atoms with van der Waals surface area (Å²) in [7, 11) is 1.87. The average Bonchev–Trinajstić information content (AvgIpc) is 3.34. The highest BCUT2D eigenvalue weighted by molar-refractivity contribution is 14.0. The number of hydrogen-bond donors (Lipinski definition) is 2. The quantitative estimate of drug-likeness (QED) is 0.368. The summed E-state index contributed by atoms with van der Waals surface area (Å²) in [6, 6.07) is 0.817. The van der Waals surface area contributed by atoms with Gasteiger partial charge in [-0.25, -0.2) is 9.67 Å². The van der Waals surface area contributed by atoms with Gasteiger partial charge < -0.3 is 15.4 Å². The van der Waals surface area contributed by atoms with E-state index in [1.165, 1.54) is 25.7 Å². The molecule has 0 bridgehead atoms. The van der Waals surface area contributed by atoms with Crippen LogP contribution in [-0.4, -0.2) is 52.6 Å². The Hall–Kier alpha value is -0.900. The molecule has 8 heteroatoms. The number of hydrogen-bond acceptors (Lipinski definition) is 4. The van der Waals surface area contributed by atoms with Crippen molar-refractivity contribution >= 4 is 29.9 Å². The number of halogens is 1. The fraction of sp³-hybridized carbons (Fsp3) is 0.850. The molecule has 1 aliphatic heterocycles. The van der Waals surface area contributed by atoms with Crippen molar-refractivity contribution in [3.63, 3.8) is 0 Å². The number of aryl methyl sites for hydroxylation is 2. The Bertz CT molecular complexity index is 684. The summed E-state index contributed by atoms with van der Waals surface area (Å²) in [5.41, 5.74) is 0.315. The van der Waals surface area contributed by atoms with E-state index in [0.29, 0.717) is 23.6 Å². The van der Waals surface area contributed by atoms with Crippen molar-refractivity contribution in [2.75, 3.05) is 13.7 Å². The van der Waals surface area contributed by atoms with Gasteiger partial charge in [0.05, 0.1) is 12.6 Å². The molecule has 2 aliphatic carbocycles. The normalized spacial score (nSPS) is 28.4. The zero-order valence-corrected chi connectivity index (χ0v) is 19.7. The maximum absolute atomic E-state index is 6.04. The van der Waals surface area contributed by atoms with E-state index < -0.39 is 0 Å². The fourth-order valence-electron chi connectivity index (χ4n) is 5.25. The molecule has 7 nitrogen and oxygen atoms in total. The molecule has 2 fully saturated rings. The molecule has 0 amide bonds. The van der Waals surface area contributed by atoms with E-state index in [1.807, 2.05) is 7.05 Å². The molecule has 3 aliphatic rings. The topological polar surface area (TPSA) is 76.4 Å². The van der Waals surface area contributed by atoms with Crippen molar-refractivity contribution in [3.8, 4) is 0 Å². The molecular weight excluding hydrogens is 467 g/mol. The van der Waals surface area contributed by atoms with E-state index in [-0.39, 0.29) is 24.0 Å². The smallest absolute Gasteiger partial charge is 0.191 e. The second-order valence-electron chi connectivity index (χ2n) is 8.25. The molecule has 0 saturated heterocycles. The number of nitrogens with one attached hydrogen (secondary N) is 2. The summed E-state index contributed by atoms with van der Waals surface area (Å²) >= 11 is 0. The highest BCUT2D eigenvalue weighted by Gasteiger charge is 2.57. The number of nitrogens with zero attached hydrogens (tertiary/aromatic N) is 4. The Morgan fingerprint density at radius 2 is 2.07 bits per heavy atom. The number of aliphatic imine (C=N–C) groups is 1. The Labute approximate surface area is 185 Å². The standard InChI is InChI=1S/C20H34N6O.HI/c1-4-17-24-18-9-8-14(13-26(18)25-17)22-19(21-3)23-15-12-16(27-5-2)20(15)10-6-7-11-20;/h14-16H,4-13H2,1-3H3,(H2,21,22,23);1H. The lowest BCUT2D eigenvalue weighted by Gasteiger charge is -2.54. The third-order valence-corrected chi connectivity index (χ3v) is 6.78. The minimum Gasteiger partial charge on any atom is -0.378 e. The summed E-state index contributed by atoms with van der Waals surface area (Å²) in [6.45, 7) is 5.89. The van der Waals surface area contributed by atoms with Gasteiger partial charge >= 0.3 is 0 Å². The maximum atomic E-state index is 6.04. The third-order valence-electron chi connectivity index (χ3n) is 6.78. The monoisotopic (exact) mass is 502 g/mol. The predicted molar refractivity (Wildman–Crippen MR) is 121 cm³/mol. The van der Waals surface area contributed by atoms with Crippen LogP contribution < -0.4 is 10.6 Å². The summed E-state index contributed by atoms with van der Waals surface area (Å²) in [4.78, 5) is 9.13. The first kappa shape index (κ1) is 21.8. The Morgan fingerprint density at radius 3 is 2.75 bits per heavy atom. The lowest BCUT2D eigenvalue weighted by Crippen LogP contribution is -2.65. The van der Waals surface area contributed by atoms with Crippen LogP contribution in [0.4, 0.5) is 0 Å². The molecule has 3 unspecified atom stereocenters. The van der Waals surface area contributed by atoms with Crippen LogP contribution >= 0.6 is 24.0 Å². The van der Waals surface area contributed by atoms with Crippen LogP contribution in [0.3, 0.4) is 0 Å². The first-order chi connectivity index (χ1) is 13.2. The minimum absolute atomic E-state index is 0. The van der Waals surface area contributed by atoms with Crippen molar-refractivity contribution in [2.24, 2.45) is 10.4 Å². The Kier molecular flexibility index (Phi) is 7.22. The molecule has 2 heterocycles. The van der Waals surface area contributed by atoms with Crippen molar-refractivity contribution in [1.29, 1.82) is 0 Å². The molecular formula is C20H35IN6O. The minimum atomic E-state index is 0. The zero-order chi connectivity index (χ0) is 18.9. The first-order valence-electron chi connectivity index (χ1n) is 10.7. The summed E-state index contributed by atoms with van der Waals surface area (Å²) < 4.78 is 8.11. The van der Waals surface area contributed by atoms with Crippen LogP contribution in [0.25, 0.3) is 0 Å². The molecule has 1 aromatic heterocycles. The lowest BCUT2D eigenvalue weighted by molar-refractivity contribution is -0.125. The van der Waals surface area contributed by atoms with Gasteiger partial charge in [0, 0.05) is 44.0 Å². The lowest BCUT2D eigenvalue weighted by atomic mass is 9.60. The van der Waals surface area contributed by atoms with Crippen LogP contribution in [0.1, 0.15) is 64.0 Å². The maximum Gasteiger partial charge on any atom is 0.191 e. The Balaban J connectivity index is 0.00000225. The van der Waals surface area contributed by atoms with Crippen molar-refractivity contribution in [3.05, 3.63) is 11.6 Å². The van der Waals surface area contributed by atoms with E-state index in [9.17, 15) is 0 Å². The van der Waals surface area contributed by atoms with Gasteiger partial charge in [-0.2, -0.15) is 5.10 Å². The van der Waals surface area contributed by atoms with E-state index in [4.69, 9.17) is 4.74 Å². The van der Waals surface area contributed by atoms with Crippen LogP contribution in [0.15, 0.2) is 4.99 Å². The van der Waals surface area contributed by atoms with Gasteiger partial charge in [-0.15, -0.1) is 24.0 Å². The van der Waals surface area contributed by atoms with Crippen LogP contribution in [0.2, 0.25) is 0 Å². The van der Waals surface area contributed by atoms with E-state index >= 15 is 0 Å². The van der Waals surface area contributed by atoms with Gasteiger partial charge in [-0.3, -0.25) is 4.99 Å².